The van der Waals surface area contributed by atoms with Crippen LogP contribution in [0.15, 0.2) is 0 Å². The lowest BCUT2D eigenvalue weighted by Crippen LogP contribution is -2.39. The number of nitrogens with two attached hydrogens (primary N) is 1. The second-order valence-corrected chi connectivity index (χ2v) is 6.19. The molecule has 0 saturated carbocycles. The van der Waals surface area contributed by atoms with Gasteiger partial charge in [-0.3, -0.25) is 11.3 Å². The minimum atomic E-state index is 0.391. The zero-order chi connectivity index (χ0) is 12.0. The summed E-state index contributed by atoms with van der Waals surface area (Å²) in [7, 11) is 0. The van der Waals surface area contributed by atoms with E-state index in [0.717, 1.165) is 19.4 Å². The van der Waals surface area contributed by atoms with Crippen LogP contribution in [0.2, 0.25) is 0 Å². The van der Waals surface area contributed by atoms with Crippen molar-refractivity contribution in [1.29, 1.82) is 0 Å². The van der Waals surface area contributed by atoms with E-state index in [2.05, 4.69) is 26.2 Å². The molecule has 16 heavy (non-hydrogen) atoms. The summed E-state index contributed by atoms with van der Waals surface area (Å²) in [4.78, 5) is 0. The highest BCUT2D eigenvalue weighted by Gasteiger charge is 2.20. The highest BCUT2D eigenvalue weighted by molar-refractivity contribution is 4.75. The SMILES string of the molecule is CC(C)(C)CCC(CC1CCCCO1)NN. The van der Waals surface area contributed by atoms with Crippen LogP contribution in [0.25, 0.3) is 0 Å². The highest BCUT2D eigenvalue weighted by atomic mass is 16.5. The van der Waals surface area contributed by atoms with E-state index in [0.29, 0.717) is 17.6 Å². The molecule has 3 heteroatoms. The molecule has 2 unspecified atom stereocenters. The molecule has 1 saturated heterocycles. The maximum Gasteiger partial charge on any atom is 0.0590 e. The molecule has 0 bridgehead atoms. The lowest BCUT2D eigenvalue weighted by atomic mass is 9.87. The van der Waals surface area contributed by atoms with E-state index < -0.39 is 0 Å². The molecule has 1 rings (SSSR count). The standard InChI is InChI=1S/C13H28N2O/c1-13(2,3)8-7-11(15-14)10-12-6-4-5-9-16-12/h11-12,15H,4-10,14H2,1-3H3. The Morgan fingerprint density at radius 1 is 1.38 bits per heavy atom. The Kier molecular flexibility index (Phi) is 5.73. The van der Waals surface area contributed by atoms with Gasteiger partial charge in [0.05, 0.1) is 6.10 Å². The largest absolute Gasteiger partial charge is 0.378 e. The Bertz CT molecular complexity index is 183. The van der Waals surface area contributed by atoms with Gasteiger partial charge < -0.3 is 4.74 Å². The van der Waals surface area contributed by atoms with Crippen molar-refractivity contribution in [1.82, 2.24) is 5.43 Å². The first-order chi connectivity index (χ1) is 7.51. The molecule has 1 heterocycles. The van der Waals surface area contributed by atoms with Gasteiger partial charge in [0.25, 0.3) is 0 Å². The van der Waals surface area contributed by atoms with E-state index in [9.17, 15) is 0 Å². The molecular weight excluding hydrogens is 200 g/mol. The molecule has 3 nitrogen and oxygen atoms in total. The molecule has 3 N–H and O–H groups in total. The summed E-state index contributed by atoms with van der Waals surface area (Å²) in [5, 5.41) is 0. The maximum atomic E-state index is 5.75. The van der Waals surface area contributed by atoms with Gasteiger partial charge in [0, 0.05) is 12.6 Å². The van der Waals surface area contributed by atoms with Crippen LogP contribution in [0, 0.1) is 5.41 Å². The topological polar surface area (TPSA) is 47.3 Å². The predicted octanol–water partition coefficient (Wildman–Crippen LogP) is 2.60. The van der Waals surface area contributed by atoms with Crippen LogP contribution in [-0.2, 0) is 4.74 Å². The van der Waals surface area contributed by atoms with Crippen LogP contribution in [-0.4, -0.2) is 18.8 Å². The number of hydrogen-bond acceptors (Lipinski definition) is 3. The van der Waals surface area contributed by atoms with Crippen LogP contribution in [0.1, 0.15) is 59.3 Å². The van der Waals surface area contributed by atoms with Gasteiger partial charge in [0.1, 0.15) is 0 Å². The van der Waals surface area contributed by atoms with Crippen LogP contribution >= 0.6 is 0 Å². The van der Waals surface area contributed by atoms with Crippen molar-refractivity contribution in [3.8, 4) is 0 Å². The van der Waals surface area contributed by atoms with Crippen molar-refractivity contribution >= 4 is 0 Å². The van der Waals surface area contributed by atoms with Crippen LogP contribution in [0.5, 0.6) is 0 Å². The average molecular weight is 228 g/mol. The molecule has 0 amide bonds. The monoisotopic (exact) mass is 228 g/mol. The quantitative estimate of drug-likeness (QED) is 0.561. The fourth-order valence-electron chi connectivity index (χ4n) is 2.19. The van der Waals surface area contributed by atoms with Gasteiger partial charge in [-0.2, -0.15) is 0 Å². The number of ether oxygens (including phenoxy) is 1. The van der Waals surface area contributed by atoms with Crippen molar-refractivity contribution in [2.24, 2.45) is 11.3 Å². The molecule has 0 radical (unpaired) electrons. The van der Waals surface area contributed by atoms with E-state index in [4.69, 9.17) is 10.6 Å². The first-order valence-corrected chi connectivity index (χ1v) is 6.59. The minimum absolute atomic E-state index is 0.391. The maximum absolute atomic E-state index is 5.75. The molecule has 1 fully saturated rings. The zero-order valence-corrected chi connectivity index (χ0v) is 11.1. The Labute approximate surface area is 100 Å². The lowest BCUT2D eigenvalue weighted by molar-refractivity contribution is 0.00407. The summed E-state index contributed by atoms with van der Waals surface area (Å²) in [6.45, 7) is 7.76. The summed E-state index contributed by atoms with van der Waals surface area (Å²) in [5.41, 5.74) is 3.33. The summed E-state index contributed by atoms with van der Waals surface area (Å²) in [5.74, 6) is 5.61. The van der Waals surface area contributed by atoms with Gasteiger partial charge in [0.15, 0.2) is 0 Å². The zero-order valence-electron chi connectivity index (χ0n) is 11.1. The van der Waals surface area contributed by atoms with Gasteiger partial charge in [-0.05, 0) is 43.9 Å². The van der Waals surface area contributed by atoms with Crippen molar-refractivity contribution in [2.75, 3.05) is 6.61 Å². The Morgan fingerprint density at radius 3 is 2.62 bits per heavy atom. The molecule has 1 aliphatic heterocycles. The normalized spacial score (nSPS) is 24.4. The minimum Gasteiger partial charge on any atom is -0.378 e. The van der Waals surface area contributed by atoms with E-state index in [1.165, 1.54) is 25.7 Å². The van der Waals surface area contributed by atoms with Crippen molar-refractivity contribution in [3.05, 3.63) is 0 Å². The second-order valence-electron chi connectivity index (χ2n) is 6.19. The third kappa shape index (κ3) is 5.83. The molecular formula is C13H28N2O. The van der Waals surface area contributed by atoms with E-state index >= 15 is 0 Å². The van der Waals surface area contributed by atoms with Gasteiger partial charge in [0.2, 0.25) is 0 Å². The van der Waals surface area contributed by atoms with Crippen molar-refractivity contribution in [2.45, 2.75) is 71.4 Å². The first-order valence-electron chi connectivity index (χ1n) is 6.59. The molecule has 0 aliphatic carbocycles. The Balaban J connectivity index is 2.25. The second kappa shape index (κ2) is 6.58. The van der Waals surface area contributed by atoms with E-state index in [1.54, 1.807) is 0 Å². The summed E-state index contributed by atoms with van der Waals surface area (Å²) < 4.78 is 5.75. The molecule has 1 aliphatic rings. The third-order valence-corrected chi connectivity index (χ3v) is 3.30. The smallest absolute Gasteiger partial charge is 0.0590 e. The number of hydrogen-bond donors (Lipinski definition) is 2. The fourth-order valence-corrected chi connectivity index (χ4v) is 2.19. The number of hydrazine groups is 1. The average Bonchev–Trinajstić information content (AvgIpc) is 2.24. The van der Waals surface area contributed by atoms with Gasteiger partial charge in [-0.1, -0.05) is 20.8 Å². The molecule has 0 spiro atoms. The summed E-state index contributed by atoms with van der Waals surface area (Å²) >= 11 is 0. The molecule has 0 aromatic heterocycles. The predicted molar refractivity (Wildman–Crippen MR) is 68.0 cm³/mol. The fraction of sp³-hybridized carbons (Fsp3) is 1.00. The van der Waals surface area contributed by atoms with Gasteiger partial charge in [-0.15, -0.1) is 0 Å². The van der Waals surface area contributed by atoms with Crippen molar-refractivity contribution < 1.29 is 4.74 Å². The van der Waals surface area contributed by atoms with E-state index in [-0.39, 0.29) is 0 Å². The number of nitrogens with one attached hydrogen (secondary N) is 1. The summed E-state index contributed by atoms with van der Waals surface area (Å²) in [6, 6.07) is 0.405. The molecule has 2 atom stereocenters. The molecule has 96 valence electrons. The molecule has 0 aromatic carbocycles. The third-order valence-electron chi connectivity index (χ3n) is 3.30. The van der Waals surface area contributed by atoms with Crippen molar-refractivity contribution in [3.63, 3.8) is 0 Å². The number of rotatable bonds is 5. The van der Waals surface area contributed by atoms with Crippen LogP contribution in [0.3, 0.4) is 0 Å². The highest BCUT2D eigenvalue weighted by Crippen LogP contribution is 2.24. The Morgan fingerprint density at radius 2 is 2.12 bits per heavy atom. The van der Waals surface area contributed by atoms with Crippen LogP contribution < -0.4 is 11.3 Å². The first kappa shape index (κ1) is 13.9. The Hall–Kier alpha value is -0.120. The lowest BCUT2D eigenvalue weighted by Gasteiger charge is -2.28. The van der Waals surface area contributed by atoms with Crippen LogP contribution in [0.4, 0.5) is 0 Å². The summed E-state index contributed by atoms with van der Waals surface area (Å²) in [6.07, 6.45) is 7.56. The van der Waals surface area contributed by atoms with Gasteiger partial charge >= 0.3 is 0 Å². The van der Waals surface area contributed by atoms with E-state index in [1.807, 2.05) is 0 Å². The molecule has 0 aromatic rings. The van der Waals surface area contributed by atoms with Gasteiger partial charge in [-0.25, -0.2) is 0 Å².